The summed E-state index contributed by atoms with van der Waals surface area (Å²) in [4.78, 5) is 0. The molecule has 26 heavy (non-hydrogen) atoms. The molecule has 5 nitrogen and oxygen atoms in total. The summed E-state index contributed by atoms with van der Waals surface area (Å²) in [6.07, 6.45) is 1.96. The minimum Gasteiger partial charge on any atom is -0.508 e. The largest absolute Gasteiger partial charge is 0.508 e. The van der Waals surface area contributed by atoms with Gasteiger partial charge in [0.1, 0.15) is 5.75 Å². The van der Waals surface area contributed by atoms with E-state index < -0.39 is 0 Å². The zero-order valence-corrected chi connectivity index (χ0v) is 15.4. The zero-order chi connectivity index (χ0) is 18.4. The maximum Gasteiger partial charge on any atom is 0.115 e. The van der Waals surface area contributed by atoms with Crippen LogP contribution >= 0.6 is 0 Å². The summed E-state index contributed by atoms with van der Waals surface area (Å²) in [5.74, 6) is 0.260. The summed E-state index contributed by atoms with van der Waals surface area (Å²) in [5.41, 5.74) is 10.4. The van der Waals surface area contributed by atoms with Crippen molar-refractivity contribution in [3.8, 4) is 5.75 Å². The number of hydrogen-bond acceptors (Lipinski definition) is 5. The van der Waals surface area contributed by atoms with Gasteiger partial charge < -0.3 is 14.6 Å². The lowest BCUT2D eigenvalue weighted by Crippen LogP contribution is -2.42. The van der Waals surface area contributed by atoms with Gasteiger partial charge in [0.05, 0.1) is 18.8 Å². The van der Waals surface area contributed by atoms with Crippen LogP contribution in [0.4, 0.5) is 0 Å². The van der Waals surface area contributed by atoms with E-state index in [-0.39, 0.29) is 24.0 Å². The standard InChI is InChI=1S/C21H28N2O3/c1-15(13-20-19-6-4-3-5-16(19)11-12-26-20)23-22-14-21(25-2)17-7-9-18(24)10-8-17/h3-10,15,20-24H,11-14H2,1-2H3. The van der Waals surface area contributed by atoms with Gasteiger partial charge in [-0.3, -0.25) is 10.9 Å². The predicted molar refractivity (Wildman–Crippen MR) is 102 cm³/mol. The maximum absolute atomic E-state index is 9.40. The van der Waals surface area contributed by atoms with Gasteiger partial charge in [0.25, 0.3) is 0 Å². The van der Waals surface area contributed by atoms with Gasteiger partial charge in [-0.25, -0.2) is 0 Å². The fourth-order valence-corrected chi connectivity index (χ4v) is 3.40. The number of aromatic hydroxyl groups is 1. The van der Waals surface area contributed by atoms with E-state index in [0.29, 0.717) is 6.54 Å². The van der Waals surface area contributed by atoms with Crippen molar-refractivity contribution in [1.82, 2.24) is 10.9 Å². The fraction of sp³-hybridized carbons (Fsp3) is 0.429. The second-order valence-electron chi connectivity index (χ2n) is 6.79. The van der Waals surface area contributed by atoms with Crippen molar-refractivity contribution in [2.45, 2.75) is 38.0 Å². The topological polar surface area (TPSA) is 62.8 Å². The number of phenols is 1. The van der Waals surface area contributed by atoms with Crippen LogP contribution in [0.1, 0.15) is 42.2 Å². The molecule has 3 unspecified atom stereocenters. The molecule has 0 bridgehead atoms. The Bertz CT molecular complexity index is 690. The Hall–Kier alpha value is -1.92. The van der Waals surface area contributed by atoms with E-state index in [9.17, 15) is 5.11 Å². The van der Waals surface area contributed by atoms with Crippen molar-refractivity contribution in [2.75, 3.05) is 20.3 Å². The number of methoxy groups -OCH3 is 1. The van der Waals surface area contributed by atoms with Crippen molar-refractivity contribution in [3.63, 3.8) is 0 Å². The Morgan fingerprint density at radius 1 is 1.19 bits per heavy atom. The minimum absolute atomic E-state index is 0.0815. The van der Waals surface area contributed by atoms with Crippen LogP contribution in [0.25, 0.3) is 0 Å². The number of rotatable bonds is 8. The van der Waals surface area contributed by atoms with Crippen LogP contribution in [0, 0.1) is 0 Å². The highest BCUT2D eigenvalue weighted by atomic mass is 16.5. The monoisotopic (exact) mass is 356 g/mol. The number of fused-ring (bicyclic) bond motifs is 1. The lowest BCUT2D eigenvalue weighted by Gasteiger charge is -2.29. The molecule has 5 heteroatoms. The van der Waals surface area contributed by atoms with E-state index in [1.165, 1.54) is 11.1 Å². The Morgan fingerprint density at radius 2 is 1.96 bits per heavy atom. The minimum atomic E-state index is -0.0815. The zero-order valence-electron chi connectivity index (χ0n) is 15.4. The van der Waals surface area contributed by atoms with E-state index in [2.05, 4.69) is 42.0 Å². The average molecular weight is 356 g/mol. The molecule has 0 amide bonds. The van der Waals surface area contributed by atoms with Crippen molar-refractivity contribution < 1.29 is 14.6 Å². The second kappa shape index (κ2) is 9.14. The van der Waals surface area contributed by atoms with Gasteiger partial charge in [0.15, 0.2) is 0 Å². The van der Waals surface area contributed by atoms with Crippen molar-refractivity contribution in [3.05, 3.63) is 65.2 Å². The van der Waals surface area contributed by atoms with Crippen LogP contribution in [0.15, 0.2) is 48.5 Å². The van der Waals surface area contributed by atoms with Gasteiger partial charge in [-0.1, -0.05) is 36.4 Å². The Morgan fingerprint density at radius 3 is 2.73 bits per heavy atom. The van der Waals surface area contributed by atoms with E-state index >= 15 is 0 Å². The molecule has 2 aromatic carbocycles. The molecule has 140 valence electrons. The molecule has 0 radical (unpaired) electrons. The average Bonchev–Trinajstić information content (AvgIpc) is 2.66. The van der Waals surface area contributed by atoms with Gasteiger partial charge in [-0.05, 0) is 48.6 Å². The number of nitrogens with one attached hydrogen (secondary N) is 2. The van der Waals surface area contributed by atoms with Gasteiger partial charge in [-0.2, -0.15) is 0 Å². The van der Waals surface area contributed by atoms with Gasteiger partial charge in [0.2, 0.25) is 0 Å². The first-order valence-corrected chi connectivity index (χ1v) is 9.17. The Labute approximate surface area is 155 Å². The Balaban J connectivity index is 1.48. The molecule has 3 N–H and O–H groups in total. The third kappa shape index (κ3) is 4.83. The molecule has 3 atom stereocenters. The van der Waals surface area contributed by atoms with Gasteiger partial charge >= 0.3 is 0 Å². The lowest BCUT2D eigenvalue weighted by molar-refractivity contribution is 0.0288. The van der Waals surface area contributed by atoms with Crippen molar-refractivity contribution in [1.29, 1.82) is 0 Å². The number of hydrazine groups is 1. The normalized spacial score (nSPS) is 18.9. The van der Waals surface area contributed by atoms with Crippen LogP contribution in [0.2, 0.25) is 0 Å². The highest BCUT2D eigenvalue weighted by Crippen LogP contribution is 2.30. The maximum atomic E-state index is 9.40. The summed E-state index contributed by atoms with van der Waals surface area (Å²) in [5, 5.41) is 9.40. The quantitative estimate of drug-likeness (QED) is 0.634. The molecule has 3 rings (SSSR count). The summed E-state index contributed by atoms with van der Waals surface area (Å²) in [6, 6.07) is 15.9. The third-order valence-electron chi connectivity index (χ3n) is 4.85. The Kier molecular flexibility index (Phi) is 6.63. The first-order chi connectivity index (χ1) is 12.7. The molecule has 0 aromatic heterocycles. The van der Waals surface area contributed by atoms with Crippen LogP contribution < -0.4 is 10.9 Å². The summed E-state index contributed by atoms with van der Waals surface area (Å²) in [6.45, 7) is 3.57. The predicted octanol–water partition coefficient (Wildman–Crippen LogP) is 3.27. The SMILES string of the molecule is COC(CNNC(C)CC1OCCc2ccccc21)c1ccc(O)cc1. The summed E-state index contributed by atoms with van der Waals surface area (Å²) < 4.78 is 11.5. The second-order valence-corrected chi connectivity index (χ2v) is 6.79. The van der Waals surface area contributed by atoms with Crippen LogP contribution in [0.3, 0.4) is 0 Å². The molecule has 1 aliphatic rings. The molecular weight excluding hydrogens is 328 g/mol. The number of benzene rings is 2. The molecule has 0 saturated heterocycles. The summed E-state index contributed by atoms with van der Waals surface area (Å²) in [7, 11) is 1.69. The summed E-state index contributed by atoms with van der Waals surface area (Å²) >= 11 is 0. The van der Waals surface area contributed by atoms with E-state index in [0.717, 1.165) is 25.0 Å². The number of phenolic OH excluding ortho intramolecular Hbond substituents is 1. The van der Waals surface area contributed by atoms with Crippen molar-refractivity contribution >= 4 is 0 Å². The smallest absolute Gasteiger partial charge is 0.115 e. The number of ether oxygens (including phenoxy) is 2. The number of hydrogen-bond donors (Lipinski definition) is 3. The molecule has 0 saturated carbocycles. The van der Waals surface area contributed by atoms with E-state index in [1.807, 2.05) is 12.1 Å². The molecule has 2 aromatic rings. The lowest BCUT2D eigenvalue weighted by atomic mass is 9.94. The molecule has 1 aliphatic heterocycles. The highest BCUT2D eigenvalue weighted by molar-refractivity contribution is 5.31. The molecular formula is C21H28N2O3. The fourth-order valence-electron chi connectivity index (χ4n) is 3.40. The van der Waals surface area contributed by atoms with Crippen molar-refractivity contribution in [2.24, 2.45) is 0 Å². The highest BCUT2D eigenvalue weighted by Gasteiger charge is 2.22. The molecule has 1 heterocycles. The molecule has 0 fully saturated rings. The van der Waals surface area contributed by atoms with Gasteiger partial charge in [-0.15, -0.1) is 0 Å². The van der Waals surface area contributed by atoms with Crippen LogP contribution in [0.5, 0.6) is 5.75 Å². The molecule has 0 spiro atoms. The van der Waals surface area contributed by atoms with Gasteiger partial charge in [0, 0.05) is 19.7 Å². The van der Waals surface area contributed by atoms with Crippen LogP contribution in [-0.4, -0.2) is 31.4 Å². The first kappa shape index (κ1) is 18.9. The third-order valence-corrected chi connectivity index (χ3v) is 4.85. The van der Waals surface area contributed by atoms with E-state index in [1.54, 1.807) is 19.2 Å². The molecule has 0 aliphatic carbocycles. The first-order valence-electron chi connectivity index (χ1n) is 9.17. The van der Waals surface area contributed by atoms with E-state index in [4.69, 9.17) is 9.47 Å². The van der Waals surface area contributed by atoms with Crippen LogP contribution in [-0.2, 0) is 15.9 Å².